The molecule has 1 unspecified atom stereocenters. The Balaban J connectivity index is 2.65. The molecule has 0 radical (unpaired) electrons. The van der Waals surface area contributed by atoms with Gasteiger partial charge in [-0.15, -0.1) is 5.10 Å². The van der Waals surface area contributed by atoms with Crippen molar-refractivity contribution in [2.24, 2.45) is 5.92 Å². The van der Waals surface area contributed by atoms with Crippen LogP contribution in [-0.2, 0) is 4.79 Å². The van der Waals surface area contributed by atoms with Crippen molar-refractivity contribution in [3.63, 3.8) is 0 Å². The Morgan fingerprint density at radius 3 is 2.35 bits per heavy atom. The molecule has 3 N–H and O–H groups in total. The van der Waals surface area contributed by atoms with Crippen molar-refractivity contribution in [1.29, 1.82) is 0 Å². The van der Waals surface area contributed by atoms with Gasteiger partial charge >= 0.3 is 12.0 Å². The van der Waals surface area contributed by atoms with Gasteiger partial charge in [-0.05, 0) is 19.8 Å². The summed E-state index contributed by atoms with van der Waals surface area (Å²) in [5, 5.41) is 21.4. The molecule has 0 saturated heterocycles. The summed E-state index contributed by atoms with van der Waals surface area (Å²) in [6, 6.07) is -1.01. The van der Waals surface area contributed by atoms with Crippen LogP contribution in [0.5, 0.6) is 0 Å². The van der Waals surface area contributed by atoms with Crippen LogP contribution < -0.4 is 10.6 Å². The number of carboxylic acids is 1. The van der Waals surface area contributed by atoms with Crippen molar-refractivity contribution in [3.05, 3.63) is 11.4 Å². The van der Waals surface area contributed by atoms with Gasteiger partial charge in [0.25, 0.3) is 5.95 Å². The van der Waals surface area contributed by atoms with E-state index in [4.69, 9.17) is 5.11 Å². The smallest absolute Gasteiger partial charge is 0.321 e. The molecule has 20 heavy (non-hydrogen) atoms. The number of hydrogen-bond donors (Lipinski definition) is 3. The van der Waals surface area contributed by atoms with Crippen molar-refractivity contribution in [2.45, 2.75) is 40.2 Å². The zero-order valence-electron chi connectivity index (χ0n) is 12.0. The maximum Gasteiger partial charge on any atom is 0.321 e. The Morgan fingerprint density at radius 2 is 1.85 bits per heavy atom. The van der Waals surface area contributed by atoms with Gasteiger partial charge in [-0.2, -0.15) is 5.10 Å². The van der Waals surface area contributed by atoms with Gasteiger partial charge in [-0.1, -0.05) is 13.8 Å². The van der Waals surface area contributed by atoms with Crippen LogP contribution in [-0.4, -0.2) is 38.3 Å². The minimum atomic E-state index is -0.965. The number of aromatic nitrogens is 3. The van der Waals surface area contributed by atoms with Gasteiger partial charge in [-0.3, -0.25) is 10.1 Å². The fourth-order valence-corrected chi connectivity index (χ4v) is 1.46. The van der Waals surface area contributed by atoms with Crippen molar-refractivity contribution < 1.29 is 14.7 Å². The Bertz CT molecular complexity index is 504. The number of carboxylic acid groups (broad SMARTS) is 1. The fourth-order valence-electron chi connectivity index (χ4n) is 1.46. The average molecular weight is 281 g/mol. The maximum absolute atomic E-state index is 11.8. The maximum atomic E-state index is 11.8. The lowest BCUT2D eigenvalue weighted by atomic mass is 10.0. The van der Waals surface area contributed by atoms with E-state index in [1.54, 1.807) is 13.8 Å². The number of carbonyl (C=O) groups excluding carboxylic acids is 1. The third-order valence-electron chi connectivity index (χ3n) is 2.83. The summed E-state index contributed by atoms with van der Waals surface area (Å²) in [4.78, 5) is 26.6. The molecular formula is C12H19N5O3. The number of urea groups is 1. The molecule has 1 heterocycles. The van der Waals surface area contributed by atoms with Gasteiger partial charge in [0.2, 0.25) is 0 Å². The van der Waals surface area contributed by atoms with E-state index in [1.165, 1.54) is 0 Å². The molecule has 8 nitrogen and oxygen atoms in total. The van der Waals surface area contributed by atoms with E-state index in [1.807, 2.05) is 13.8 Å². The minimum absolute atomic E-state index is 0.00403. The highest BCUT2D eigenvalue weighted by atomic mass is 16.4. The minimum Gasteiger partial charge on any atom is -0.481 e. The first-order valence-corrected chi connectivity index (χ1v) is 6.26. The lowest BCUT2D eigenvalue weighted by Crippen LogP contribution is -2.42. The topological polar surface area (TPSA) is 117 Å². The van der Waals surface area contributed by atoms with Crippen LogP contribution in [0.1, 0.15) is 31.7 Å². The van der Waals surface area contributed by atoms with E-state index in [-0.39, 0.29) is 18.3 Å². The second kappa shape index (κ2) is 6.78. The molecule has 0 spiro atoms. The van der Waals surface area contributed by atoms with E-state index in [2.05, 4.69) is 25.8 Å². The van der Waals surface area contributed by atoms with Crippen molar-refractivity contribution in [1.82, 2.24) is 20.5 Å². The van der Waals surface area contributed by atoms with E-state index in [0.29, 0.717) is 11.4 Å². The molecule has 2 amide bonds. The number of anilines is 1. The molecule has 1 aromatic heterocycles. The van der Waals surface area contributed by atoms with Crippen LogP contribution in [0.3, 0.4) is 0 Å². The molecule has 0 aliphatic heterocycles. The molecule has 1 rings (SSSR count). The Hall–Kier alpha value is -2.25. The second-order valence-corrected chi connectivity index (χ2v) is 4.85. The highest BCUT2D eigenvalue weighted by Gasteiger charge is 2.19. The van der Waals surface area contributed by atoms with E-state index >= 15 is 0 Å². The summed E-state index contributed by atoms with van der Waals surface area (Å²) in [7, 11) is 0. The van der Waals surface area contributed by atoms with Crippen LogP contribution >= 0.6 is 0 Å². The van der Waals surface area contributed by atoms with Crippen LogP contribution in [0.15, 0.2) is 0 Å². The lowest BCUT2D eigenvalue weighted by Gasteiger charge is -2.20. The number of rotatable bonds is 5. The summed E-state index contributed by atoms with van der Waals surface area (Å²) >= 11 is 0. The van der Waals surface area contributed by atoms with Crippen LogP contribution in [0, 0.1) is 19.8 Å². The SMILES string of the molecule is Cc1nnc(NC(=O)NC(CC(=O)O)C(C)C)nc1C. The number of carbonyl (C=O) groups is 2. The standard InChI is InChI=1S/C12H19N5O3/c1-6(2)9(5-10(18)19)14-12(20)15-11-13-7(3)8(4)16-17-11/h6,9H,5H2,1-4H3,(H,18,19)(H2,13,14,15,17,20). The van der Waals surface area contributed by atoms with Gasteiger partial charge in [0.05, 0.1) is 17.8 Å². The molecule has 1 aromatic rings. The monoisotopic (exact) mass is 281 g/mol. The van der Waals surface area contributed by atoms with Gasteiger partial charge in [-0.25, -0.2) is 9.78 Å². The van der Waals surface area contributed by atoms with E-state index < -0.39 is 18.0 Å². The largest absolute Gasteiger partial charge is 0.481 e. The molecule has 0 bridgehead atoms. The fraction of sp³-hybridized carbons (Fsp3) is 0.583. The van der Waals surface area contributed by atoms with Crippen molar-refractivity contribution in [2.75, 3.05) is 5.32 Å². The van der Waals surface area contributed by atoms with E-state index in [9.17, 15) is 9.59 Å². The second-order valence-electron chi connectivity index (χ2n) is 4.85. The zero-order chi connectivity index (χ0) is 15.3. The first-order chi connectivity index (χ1) is 9.29. The first-order valence-electron chi connectivity index (χ1n) is 6.26. The van der Waals surface area contributed by atoms with E-state index in [0.717, 1.165) is 0 Å². The first kappa shape index (κ1) is 15.8. The number of nitrogens with one attached hydrogen (secondary N) is 2. The zero-order valence-corrected chi connectivity index (χ0v) is 12.0. The third kappa shape index (κ3) is 4.79. The van der Waals surface area contributed by atoms with Gasteiger partial charge in [0.1, 0.15) is 0 Å². The Kier molecular flexibility index (Phi) is 5.36. The normalized spacial score (nSPS) is 12.1. The molecule has 1 atom stereocenters. The van der Waals surface area contributed by atoms with Gasteiger partial charge in [0.15, 0.2) is 0 Å². The molecule has 0 fully saturated rings. The summed E-state index contributed by atoms with van der Waals surface area (Å²) in [6.45, 7) is 7.19. The Morgan fingerprint density at radius 1 is 1.20 bits per heavy atom. The summed E-state index contributed by atoms with van der Waals surface area (Å²) < 4.78 is 0. The summed E-state index contributed by atoms with van der Waals surface area (Å²) in [5.41, 5.74) is 1.35. The van der Waals surface area contributed by atoms with Gasteiger partial charge in [0, 0.05) is 6.04 Å². The molecule has 0 aliphatic rings. The highest BCUT2D eigenvalue weighted by Crippen LogP contribution is 2.07. The molecule has 110 valence electrons. The van der Waals surface area contributed by atoms with Crippen molar-refractivity contribution >= 4 is 17.9 Å². The van der Waals surface area contributed by atoms with Crippen LogP contribution in [0.4, 0.5) is 10.7 Å². The number of hydrogen-bond acceptors (Lipinski definition) is 5. The molecular weight excluding hydrogens is 262 g/mol. The average Bonchev–Trinajstić information content (AvgIpc) is 2.32. The van der Waals surface area contributed by atoms with Crippen LogP contribution in [0.2, 0.25) is 0 Å². The predicted molar refractivity (Wildman–Crippen MR) is 72.3 cm³/mol. The molecule has 8 heteroatoms. The molecule has 0 aliphatic carbocycles. The number of aryl methyl sites for hydroxylation is 2. The predicted octanol–water partition coefficient (Wildman–Crippen LogP) is 1.11. The van der Waals surface area contributed by atoms with Gasteiger partial charge < -0.3 is 10.4 Å². The summed E-state index contributed by atoms with van der Waals surface area (Å²) in [6.07, 6.45) is -0.142. The number of nitrogens with zero attached hydrogens (tertiary/aromatic N) is 3. The quantitative estimate of drug-likeness (QED) is 0.744. The van der Waals surface area contributed by atoms with Crippen LogP contribution in [0.25, 0.3) is 0 Å². The lowest BCUT2D eigenvalue weighted by molar-refractivity contribution is -0.137. The number of amides is 2. The third-order valence-corrected chi connectivity index (χ3v) is 2.83. The Labute approximate surface area is 117 Å². The molecule has 0 saturated carbocycles. The highest BCUT2D eigenvalue weighted by molar-refractivity contribution is 5.87. The van der Waals surface area contributed by atoms with Crippen molar-refractivity contribution in [3.8, 4) is 0 Å². The molecule has 0 aromatic carbocycles. The summed E-state index contributed by atoms with van der Waals surface area (Å²) in [5.74, 6) is -0.882. The number of aliphatic carboxylic acids is 1.